The lowest BCUT2D eigenvalue weighted by Crippen LogP contribution is -2.21. The molecule has 0 aliphatic carbocycles. The summed E-state index contributed by atoms with van der Waals surface area (Å²) in [5, 5.41) is 17.0. The number of benzene rings is 1. The van der Waals surface area contributed by atoms with Gasteiger partial charge in [0.2, 0.25) is 0 Å². The molecule has 5 heteroatoms. The largest absolute Gasteiger partial charge is 0.707 e. The molecule has 4 nitrogen and oxygen atoms in total. The Balaban J connectivity index is 2.82. The van der Waals surface area contributed by atoms with E-state index in [0.717, 1.165) is 5.56 Å². The maximum absolute atomic E-state index is 8.52. The van der Waals surface area contributed by atoms with Crippen molar-refractivity contribution < 1.29 is 14.7 Å². The maximum atomic E-state index is 8.52. The monoisotopic (exact) mass is 167 g/mol. The van der Waals surface area contributed by atoms with Crippen LogP contribution in [0.2, 0.25) is 0 Å². The third-order valence-electron chi connectivity index (χ3n) is 1.42. The highest BCUT2D eigenvalue weighted by molar-refractivity contribution is 6.33. The Hall–Kier alpha value is -1.04. The van der Waals surface area contributed by atoms with Crippen molar-refractivity contribution in [2.24, 2.45) is 5.73 Å². The molecule has 1 rings (SSSR count). The summed E-state index contributed by atoms with van der Waals surface area (Å²) < 4.78 is 4.67. The SMILES string of the molecule is NCc1ccccc1OB(O)O. The Bertz CT molecular complexity index is 254. The van der Waals surface area contributed by atoms with Gasteiger partial charge < -0.3 is 20.4 Å². The minimum Gasteiger partial charge on any atom is -0.512 e. The lowest BCUT2D eigenvalue weighted by atomic mass is 10.1. The Labute approximate surface area is 70.8 Å². The van der Waals surface area contributed by atoms with Gasteiger partial charge in [-0.2, -0.15) is 0 Å². The van der Waals surface area contributed by atoms with Gasteiger partial charge in [0.05, 0.1) is 0 Å². The van der Waals surface area contributed by atoms with Crippen LogP contribution in [0.4, 0.5) is 0 Å². The molecule has 0 heterocycles. The van der Waals surface area contributed by atoms with Crippen LogP contribution in [-0.4, -0.2) is 17.4 Å². The summed E-state index contributed by atoms with van der Waals surface area (Å²) in [5.74, 6) is 0.398. The molecule has 4 N–H and O–H groups in total. The fraction of sp³-hybridized carbons (Fsp3) is 0.143. The smallest absolute Gasteiger partial charge is 0.512 e. The second-order valence-electron chi connectivity index (χ2n) is 2.26. The molecule has 12 heavy (non-hydrogen) atoms. The van der Waals surface area contributed by atoms with Gasteiger partial charge in [-0.05, 0) is 6.07 Å². The molecule has 0 saturated heterocycles. The Morgan fingerprint density at radius 3 is 2.58 bits per heavy atom. The number of para-hydroxylation sites is 1. The third-order valence-corrected chi connectivity index (χ3v) is 1.42. The molecule has 0 amide bonds. The minimum absolute atomic E-state index is 0.308. The molecule has 0 unspecified atom stereocenters. The van der Waals surface area contributed by atoms with Crippen LogP contribution in [0.3, 0.4) is 0 Å². The zero-order chi connectivity index (χ0) is 8.97. The molecule has 0 aliphatic rings. The van der Waals surface area contributed by atoms with Crippen LogP contribution < -0.4 is 10.4 Å². The molecule has 0 saturated carbocycles. The van der Waals surface area contributed by atoms with Gasteiger partial charge in [0, 0.05) is 12.1 Å². The topological polar surface area (TPSA) is 75.7 Å². The first-order chi connectivity index (χ1) is 5.74. The quantitative estimate of drug-likeness (QED) is 0.530. The van der Waals surface area contributed by atoms with Gasteiger partial charge in [-0.25, -0.2) is 0 Å². The van der Waals surface area contributed by atoms with Gasteiger partial charge >= 0.3 is 7.32 Å². The second kappa shape index (κ2) is 4.11. The molecule has 0 atom stereocenters. The lowest BCUT2D eigenvalue weighted by molar-refractivity contribution is 0.287. The highest BCUT2D eigenvalue weighted by atomic mass is 16.6. The Morgan fingerprint density at radius 1 is 1.33 bits per heavy atom. The van der Waals surface area contributed by atoms with Crippen molar-refractivity contribution in [3.8, 4) is 5.75 Å². The number of nitrogens with two attached hydrogens (primary N) is 1. The molecule has 1 aromatic carbocycles. The number of rotatable bonds is 3. The van der Waals surface area contributed by atoms with E-state index in [1.54, 1.807) is 24.3 Å². The predicted octanol–water partition coefficient (Wildman–Crippen LogP) is -0.506. The average Bonchev–Trinajstić information content (AvgIpc) is 2.04. The summed E-state index contributed by atoms with van der Waals surface area (Å²) in [6, 6.07) is 6.93. The normalized spacial score (nSPS) is 9.58. The van der Waals surface area contributed by atoms with Gasteiger partial charge in [0.15, 0.2) is 0 Å². The van der Waals surface area contributed by atoms with Crippen LogP contribution >= 0.6 is 0 Å². The van der Waals surface area contributed by atoms with Crippen molar-refractivity contribution >= 4 is 7.32 Å². The Kier molecular flexibility index (Phi) is 3.10. The van der Waals surface area contributed by atoms with Crippen molar-refractivity contribution in [2.75, 3.05) is 0 Å². The summed E-state index contributed by atoms with van der Waals surface area (Å²) >= 11 is 0. The summed E-state index contributed by atoms with van der Waals surface area (Å²) in [4.78, 5) is 0. The van der Waals surface area contributed by atoms with E-state index in [4.69, 9.17) is 15.8 Å². The first-order valence-electron chi connectivity index (χ1n) is 3.55. The van der Waals surface area contributed by atoms with E-state index in [1.807, 2.05) is 0 Å². The predicted molar refractivity (Wildman–Crippen MR) is 45.2 cm³/mol. The zero-order valence-electron chi connectivity index (χ0n) is 6.47. The van der Waals surface area contributed by atoms with Crippen LogP contribution in [0.1, 0.15) is 5.56 Å². The molecule has 0 radical (unpaired) electrons. The molecule has 0 bridgehead atoms. The minimum atomic E-state index is -1.79. The number of hydrogen-bond donors (Lipinski definition) is 3. The molecular weight excluding hydrogens is 157 g/mol. The third kappa shape index (κ3) is 2.23. The first-order valence-corrected chi connectivity index (χ1v) is 3.55. The molecule has 0 fully saturated rings. The van der Waals surface area contributed by atoms with Gasteiger partial charge in [-0.3, -0.25) is 0 Å². The summed E-state index contributed by atoms with van der Waals surface area (Å²) in [7, 11) is -1.79. The maximum Gasteiger partial charge on any atom is 0.707 e. The highest BCUT2D eigenvalue weighted by Gasteiger charge is 2.12. The van der Waals surface area contributed by atoms with Crippen LogP contribution in [0, 0.1) is 0 Å². The van der Waals surface area contributed by atoms with Gasteiger partial charge in [-0.1, -0.05) is 18.2 Å². The summed E-state index contributed by atoms with van der Waals surface area (Å²) in [5.41, 5.74) is 6.12. The van der Waals surface area contributed by atoms with Crippen LogP contribution in [0.15, 0.2) is 24.3 Å². The van der Waals surface area contributed by atoms with Crippen molar-refractivity contribution in [3.05, 3.63) is 29.8 Å². The standard InChI is InChI=1S/C7H10BNO3/c9-5-6-3-1-2-4-7(6)12-8(10)11/h1-4,10-11H,5,9H2. The zero-order valence-corrected chi connectivity index (χ0v) is 6.47. The van der Waals surface area contributed by atoms with Crippen molar-refractivity contribution in [1.82, 2.24) is 0 Å². The van der Waals surface area contributed by atoms with Crippen LogP contribution in [0.5, 0.6) is 5.75 Å². The van der Waals surface area contributed by atoms with E-state index in [0.29, 0.717) is 12.3 Å². The van der Waals surface area contributed by atoms with Gasteiger partial charge in [0.1, 0.15) is 5.75 Å². The van der Waals surface area contributed by atoms with Crippen LogP contribution in [0.25, 0.3) is 0 Å². The first kappa shape index (κ1) is 9.06. The second-order valence-corrected chi connectivity index (χ2v) is 2.26. The fourth-order valence-electron chi connectivity index (χ4n) is 0.901. The Morgan fingerprint density at radius 2 is 2.00 bits per heavy atom. The molecular formula is C7H10BNO3. The highest BCUT2D eigenvalue weighted by Crippen LogP contribution is 2.16. The molecule has 0 aliphatic heterocycles. The van der Waals surface area contributed by atoms with E-state index in [9.17, 15) is 0 Å². The van der Waals surface area contributed by atoms with E-state index < -0.39 is 7.32 Å². The lowest BCUT2D eigenvalue weighted by Gasteiger charge is -2.08. The average molecular weight is 167 g/mol. The van der Waals surface area contributed by atoms with E-state index >= 15 is 0 Å². The van der Waals surface area contributed by atoms with Gasteiger partial charge in [0.25, 0.3) is 0 Å². The molecule has 64 valence electrons. The van der Waals surface area contributed by atoms with Crippen molar-refractivity contribution in [3.63, 3.8) is 0 Å². The number of hydrogen-bond acceptors (Lipinski definition) is 4. The molecule has 0 aromatic heterocycles. The van der Waals surface area contributed by atoms with Gasteiger partial charge in [-0.15, -0.1) is 0 Å². The molecule has 1 aromatic rings. The van der Waals surface area contributed by atoms with E-state index in [-0.39, 0.29) is 0 Å². The summed E-state index contributed by atoms with van der Waals surface area (Å²) in [6.07, 6.45) is 0. The summed E-state index contributed by atoms with van der Waals surface area (Å²) in [6.45, 7) is 0.308. The van der Waals surface area contributed by atoms with E-state index in [2.05, 4.69) is 4.65 Å². The van der Waals surface area contributed by atoms with Crippen molar-refractivity contribution in [1.29, 1.82) is 0 Å². The van der Waals surface area contributed by atoms with Crippen LogP contribution in [-0.2, 0) is 6.54 Å². The van der Waals surface area contributed by atoms with Crippen molar-refractivity contribution in [2.45, 2.75) is 6.54 Å². The fourth-order valence-corrected chi connectivity index (χ4v) is 0.901. The van der Waals surface area contributed by atoms with E-state index in [1.165, 1.54) is 0 Å². The molecule has 0 spiro atoms.